The molecule has 0 spiro atoms. The molecule has 120 valence electrons. The van der Waals surface area contributed by atoms with Crippen LogP contribution in [0.3, 0.4) is 0 Å². The molecule has 0 N–H and O–H groups in total. The SMILES string of the molecule is O=C(c1ccccn1)N1CC(c2nc(Cc3ccccc3)no2)C1. The van der Waals surface area contributed by atoms with Crippen molar-refractivity contribution >= 4 is 5.91 Å². The Morgan fingerprint density at radius 2 is 1.92 bits per heavy atom. The first kappa shape index (κ1) is 14.6. The van der Waals surface area contributed by atoms with Crippen LogP contribution >= 0.6 is 0 Å². The molecule has 6 heteroatoms. The third-order valence-corrected chi connectivity index (χ3v) is 4.09. The first-order valence-electron chi connectivity index (χ1n) is 7.86. The zero-order valence-corrected chi connectivity index (χ0v) is 13.0. The highest BCUT2D eigenvalue weighted by molar-refractivity contribution is 5.92. The predicted molar refractivity (Wildman–Crippen MR) is 86.4 cm³/mol. The van der Waals surface area contributed by atoms with Gasteiger partial charge in [-0.25, -0.2) is 0 Å². The number of benzene rings is 1. The zero-order chi connectivity index (χ0) is 16.4. The smallest absolute Gasteiger partial charge is 0.272 e. The summed E-state index contributed by atoms with van der Waals surface area (Å²) in [5, 5.41) is 4.04. The summed E-state index contributed by atoms with van der Waals surface area (Å²) in [6.07, 6.45) is 2.27. The molecule has 4 rings (SSSR count). The molecular weight excluding hydrogens is 304 g/mol. The molecule has 1 aliphatic rings. The summed E-state index contributed by atoms with van der Waals surface area (Å²) in [7, 11) is 0. The molecule has 1 saturated heterocycles. The summed E-state index contributed by atoms with van der Waals surface area (Å²) in [5.41, 5.74) is 1.61. The van der Waals surface area contributed by atoms with Crippen LogP contribution in [0.2, 0.25) is 0 Å². The molecular formula is C18H16N4O2. The minimum absolute atomic E-state index is 0.0594. The maximum Gasteiger partial charge on any atom is 0.272 e. The van der Waals surface area contributed by atoms with Crippen LogP contribution in [0.15, 0.2) is 59.3 Å². The molecule has 3 heterocycles. The van der Waals surface area contributed by atoms with Gasteiger partial charge in [0.1, 0.15) is 5.69 Å². The van der Waals surface area contributed by atoms with Crippen molar-refractivity contribution in [1.29, 1.82) is 0 Å². The molecule has 0 aliphatic carbocycles. The van der Waals surface area contributed by atoms with Crippen molar-refractivity contribution in [2.75, 3.05) is 13.1 Å². The number of aromatic nitrogens is 3. The largest absolute Gasteiger partial charge is 0.339 e. The Labute approximate surface area is 139 Å². The van der Waals surface area contributed by atoms with Crippen LogP contribution in [0, 0.1) is 0 Å². The van der Waals surface area contributed by atoms with Crippen LogP contribution in [0.4, 0.5) is 0 Å². The summed E-state index contributed by atoms with van der Waals surface area (Å²) < 4.78 is 5.36. The number of amides is 1. The van der Waals surface area contributed by atoms with Gasteiger partial charge >= 0.3 is 0 Å². The second-order valence-electron chi connectivity index (χ2n) is 5.83. The Morgan fingerprint density at radius 1 is 1.12 bits per heavy atom. The molecule has 3 aromatic rings. The first-order valence-corrected chi connectivity index (χ1v) is 7.86. The average Bonchev–Trinajstić information content (AvgIpc) is 3.03. The zero-order valence-electron chi connectivity index (χ0n) is 13.0. The Balaban J connectivity index is 1.37. The van der Waals surface area contributed by atoms with E-state index in [9.17, 15) is 4.79 Å². The fourth-order valence-electron chi connectivity index (χ4n) is 2.74. The lowest BCUT2D eigenvalue weighted by atomic mass is 9.99. The summed E-state index contributed by atoms with van der Waals surface area (Å²) >= 11 is 0. The van der Waals surface area contributed by atoms with E-state index in [1.165, 1.54) is 0 Å². The van der Waals surface area contributed by atoms with E-state index in [1.54, 1.807) is 23.2 Å². The molecule has 1 fully saturated rings. The van der Waals surface area contributed by atoms with Crippen molar-refractivity contribution in [3.05, 3.63) is 77.7 Å². The summed E-state index contributed by atoms with van der Waals surface area (Å²) in [4.78, 5) is 22.5. The van der Waals surface area contributed by atoms with Crippen LogP contribution in [0.1, 0.15) is 33.7 Å². The quantitative estimate of drug-likeness (QED) is 0.737. The van der Waals surface area contributed by atoms with Gasteiger partial charge in [0, 0.05) is 25.7 Å². The minimum Gasteiger partial charge on any atom is -0.339 e. The molecule has 0 unspecified atom stereocenters. The van der Waals surface area contributed by atoms with Gasteiger partial charge in [-0.3, -0.25) is 9.78 Å². The average molecular weight is 320 g/mol. The van der Waals surface area contributed by atoms with Gasteiger partial charge < -0.3 is 9.42 Å². The van der Waals surface area contributed by atoms with Crippen LogP contribution < -0.4 is 0 Å². The van der Waals surface area contributed by atoms with Crippen LogP contribution in [0.25, 0.3) is 0 Å². The monoisotopic (exact) mass is 320 g/mol. The van der Waals surface area contributed by atoms with Gasteiger partial charge in [-0.15, -0.1) is 0 Å². The fourth-order valence-corrected chi connectivity index (χ4v) is 2.74. The summed E-state index contributed by atoms with van der Waals surface area (Å²) in [5.74, 6) is 1.32. The fraction of sp³-hybridized carbons (Fsp3) is 0.222. The van der Waals surface area contributed by atoms with E-state index in [0.717, 1.165) is 5.56 Å². The number of hydrogen-bond donors (Lipinski definition) is 0. The molecule has 1 aliphatic heterocycles. The van der Waals surface area contributed by atoms with Crippen molar-refractivity contribution in [3.63, 3.8) is 0 Å². The Kier molecular flexibility index (Phi) is 3.78. The van der Waals surface area contributed by atoms with Crippen molar-refractivity contribution in [2.24, 2.45) is 0 Å². The van der Waals surface area contributed by atoms with Crippen LogP contribution in [-0.4, -0.2) is 39.0 Å². The summed E-state index contributed by atoms with van der Waals surface area (Å²) in [6.45, 7) is 1.17. The number of nitrogens with zero attached hydrogens (tertiary/aromatic N) is 4. The Hall–Kier alpha value is -3.02. The topological polar surface area (TPSA) is 72.1 Å². The molecule has 0 atom stereocenters. The van der Waals surface area contributed by atoms with E-state index in [2.05, 4.69) is 15.1 Å². The molecule has 24 heavy (non-hydrogen) atoms. The molecule has 1 amide bonds. The van der Waals surface area contributed by atoms with E-state index in [-0.39, 0.29) is 11.8 Å². The molecule has 0 radical (unpaired) electrons. The lowest BCUT2D eigenvalue weighted by Gasteiger charge is -2.36. The number of rotatable bonds is 4. The number of carbonyl (C=O) groups excluding carboxylic acids is 1. The molecule has 1 aromatic carbocycles. The Bertz CT molecular complexity index is 826. The summed E-state index contributed by atoms with van der Waals surface area (Å²) in [6, 6.07) is 15.4. The highest BCUT2D eigenvalue weighted by Gasteiger charge is 2.36. The van der Waals surface area contributed by atoms with Crippen LogP contribution in [0.5, 0.6) is 0 Å². The predicted octanol–water partition coefficient (Wildman–Crippen LogP) is 2.29. The van der Waals surface area contributed by atoms with Gasteiger partial charge in [0.2, 0.25) is 5.89 Å². The third kappa shape index (κ3) is 2.90. The molecule has 0 bridgehead atoms. The third-order valence-electron chi connectivity index (χ3n) is 4.09. The van der Waals surface area contributed by atoms with Gasteiger partial charge in [0.05, 0.1) is 5.92 Å². The van der Waals surface area contributed by atoms with E-state index in [0.29, 0.717) is 36.9 Å². The number of likely N-dealkylation sites (tertiary alicyclic amines) is 1. The molecule has 2 aromatic heterocycles. The van der Waals surface area contributed by atoms with E-state index in [1.807, 2.05) is 36.4 Å². The highest BCUT2D eigenvalue weighted by atomic mass is 16.5. The van der Waals surface area contributed by atoms with Gasteiger partial charge in [0.25, 0.3) is 5.91 Å². The highest BCUT2D eigenvalue weighted by Crippen LogP contribution is 2.27. The second-order valence-corrected chi connectivity index (χ2v) is 5.83. The molecule has 6 nitrogen and oxygen atoms in total. The van der Waals surface area contributed by atoms with Gasteiger partial charge in [-0.05, 0) is 17.7 Å². The number of pyridine rings is 1. The maximum atomic E-state index is 12.2. The van der Waals surface area contributed by atoms with E-state index < -0.39 is 0 Å². The van der Waals surface area contributed by atoms with E-state index in [4.69, 9.17) is 4.52 Å². The second kappa shape index (κ2) is 6.23. The van der Waals surface area contributed by atoms with Gasteiger partial charge in [-0.1, -0.05) is 41.6 Å². The van der Waals surface area contributed by atoms with Gasteiger partial charge in [-0.2, -0.15) is 4.98 Å². The van der Waals surface area contributed by atoms with Crippen molar-refractivity contribution in [2.45, 2.75) is 12.3 Å². The molecule has 0 saturated carbocycles. The lowest BCUT2D eigenvalue weighted by Crippen LogP contribution is -2.48. The van der Waals surface area contributed by atoms with Crippen molar-refractivity contribution in [3.8, 4) is 0 Å². The first-order chi connectivity index (χ1) is 11.8. The van der Waals surface area contributed by atoms with Crippen LogP contribution in [-0.2, 0) is 6.42 Å². The van der Waals surface area contributed by atoms with Crippen molar-refractivity contribution < 1.29 is 9.32 Å². The number of hydrogen-bond acceptors (Lipinski definition) is 5. The standard InChI is InChI=1S/C18H16N4O2/c23-18(15-8-4-5-9-19-15)22-11-14(12-22)17-20-16(21-24-17)10-13-6-2-1-3-7-13/h1-9,14H,10-12H2. The number of carbonyl (C=O) groups is 1. The van der Waals surface area contributed by atoms with E-state index >= 15 is 0 Å². The Morgan fingerprint density at radius 3 is 2.67 bits per heavy atom. The van der Waals surface area contributed by atoms with Gasteiger partial charge in [0.15, 0.2) is 5.82 Å². The maximum absolute atomic E-state index is 12.2. The minimum atomic E-state index is -0.0594. The van der Waals surface area contributed by atoms with Crippen molar-refractivity contribution in [1.82, 2.24) is 20.0 Å². The normalized spacial score (nSPS) is 14.4. The lowest BCUT2D eigenvalue weighted by molar-refractivity contribution is 0.0563.